The summed E-state index contributed by atoms with van der Waals surface area (Å²) in [4.78, 5) is 5.38. The van der Waals surface area contributed by atoms with Gasteiger partial charge in [0.1, 0.15) is 11.5 Å². The highest BCUT2D eigenvalue weighted by Gasteiger charge is 2.25. The van der Waals surface area contributed by atoms with Crippen LogP contribution in [0.15, 0.2) is 24.3 Å². The average molecular weight is 421 g/mol. The first-order valence-corrected chi connectivity index (χ1v) is 9.98. The monoisotopic (exact) mass is 420 g/mol. The molecule has 1 atom stereocenters. The summed E-state index contributed by atoms with van der Waals surface area (Å²) in [6.45, 7) is 3.78. The molecule has 2 aliphatic heterocycles. The summed E-state index contributed by atoms with van der Waals surface area (Å²) in [7, 11) is 0. The fourth-order valence-electron chi connectivity index (χ4n) is 3.55. The van der Waals surface area contributed by atoms with Crippen molar-refractivity contribution in [1.82, 2.24) is 10.3 Å². The molecule has 1 saturated heterocycles. The van der Waals surface area contributed by atoms with E-state index in [1.807, 2.05) is 12.1 Å². The summed E-state index contributed by atoms with van der Waals surface area (Å²) in [5, 5.41) is 24.2. The van der Waals surface area contributed by atoms with Crippen molar-refractivity contribution in [2.75, 3.05) is 36.4 Å². The molecule has 5 N–H and O–H groups in total. The zero-order chi connectivity index (χ0) is 19.7. The number of rotatable bonds is 4. The molecule has 1 aromatic carbocycles. The van der Waals surface area contributed by atoms with E-state index in [2.05, 4.69) is 20.5 Å². The Hall–Kier alpha value is -2.22. The lowest BCUT2D eigenvalue weighted by Gasteiger charge is -2.30. The third kappa shape index (κ3) is 3.97. The van der Waals surface area contributed by atoms with E-state index >= 15 is 0 Å². The van der Waals surface area contributed by atoms with E-state index in [0.29, 0.717) is 22.3 Å². The number of anilines is 2. The Morgan fingerprint density at radius 2 is 2.07 bits per heavy atom. The standard InChI is InChI=1S/C19H22Cl2N6O/c20-13-1-2-14(21)12(7-13)10-27-6-5-25-19-16(27)8-15(26-19)18(23)28-17(22)11-3-4-24-9-11/h1-2,7-8,11,22-26H,3-6,9-10H2. The predicted molar refractivity (Wildman–Crippen MR) is 113 cm³/mol. The van der Waals surface area contributed by atoms with Gasteiger partial charge in [-0.2, -0.15) is 0 Å². The molecule has 2 aromatic rings. The highest BCUT2D eigenvalue weighted by atomic mass is 35.5. The van der Waals surface area contributed by atoms with E-state index in [9.17, 15) is 0 Å². The van der Waals surface area contributed by atoms with Gasteiger partial charge in [0.05, 0.1) is 5.69 Å². The molecule has 0 bridgehead atoms. The molecule has 1 unspecified atom stereocenters. The second kappa shape index (κ2) is 8.03. The van der Waals surface area contributed by atoms with Crippen LogP contribution in [0.5, 0.6) is 0 Å². The molecular formula is C19H22Cl2N6O. The minimum Gasteiger partial charge on any atom is -0.423 e. The van der Waals surface area contributed by atoms with Crippen molar-refractivity contribution in [2.45, 2.75) is 13.0 Å². The summed E-state index contributed by atoms with van der Waals surface area (Å²) in [5.41, 5.74) is 2.43. The maximum atomic E-state index is 8.25. The molecule has 1 aromatic heterocycles. The molecule has 4 rings (SSSR count). The van der Waals surface area contributed by atoms with E-state index in [1.165, 1.54) is 0 Å². The lowest BCUT2D eigenvalue weighted by molar-refractivity contribution is 0.479. The maximum absolute atomic E-state index is 8.25. The maximum Gasteiger partial charge on any atom is 0.237 e. The van der Waals surface area contributed by atoms with Gasteiger partial charge in [0.15, 0.2) is 5.90 Å². The van der Waals surface area contributed by atoms with Gasteiger partial charge in [0.2, 0.25) is 5.90 Å². The minimum atomic E-state index is -0.0474. The van der Waals surface area contributed by atoms with E-state index < -0.39 is 0 Å². The van der Waals surface area contributed by atoms with Crippen LogP contribution in [-0.4, -0.2) is 43.0 Å². The van der Waals surface area contributed by atoms with E-state index in [4.69, 9.17) is 38.8 Å². The number of nitrogens with one attached hydrogen (secondary N) is 5. The molecule has 148 valence electrons. The number of hydrogen-bond acceptors (Lipinski definition) is 6. The third-order valence-corrected chi connectivity index (χ3v) is 5.68. The topological polar surface area (TPSA) is 100 Å². The van der Waals surface area contributed by atoms with Gasteiger partial charge in [0, 0.05) is 42.1 Å². The van der Waals surface area contributed by atoms with E-state index in [0.717, 1.165) is 49.7 Å². The minimum absolute atomic E-state index is 0.0320. The van der Waals surface area contributed by atoms with Gasteiger partial charge < -0.3 is 25.3 Å². The quantitative estimate of drug-likeness (QED) is 0.384. The fourth-order valence-corrected chi connectivity index (χ4v) is 3.92. The van der Waals surface area contributed by atoms with Crippen molar-refractivity contribution in [2.24, 2.45) is 5.92 Å². The summed E-state index contributed by atoms with van der Waals surface area (Å²) in [5.74, 6) is 0.957. The number of aromatic amines is 1. The number of fused-ring (bicyclic) bond motifs is 1. The number of benzene rings is 1. The lowest BCUT2D eigenvalue weighted by atomic mass is 10.1. The summed E-state index contributed by atoms with van der Waals surface area (Å²) >= 11 is 12.4. The van der Waals surface area contributed by atoms with Crippen molar-refractivity contribution in [1.29, 1.82) is 10.8 Å². The van der Waals surface area contributed by atoms with Gasteiger partial charge in [-0.1, -0.05) is 23.2 Å². The van der Waals surface area contributed by atoms with Gasteiger partial charge in [-0.05, 0) is 42.8 Å². The van der Waals surface area contributed by atoms with Crippen LogP contribution >= 0.6 is 23.2 Å². The molecule has 0 amide bonds. The van der Waals surface area contributed by atoms with Gasteiger partial charge in [0.25, 0.3) is 0 Å². The molecule has 0 spiro atoms. The summed E-state index contributed by atoms with van der Waals surface area (Å²) < 4.78 is 5.50. The first-order valence-electron chi connectivity index (χ1n) is 9.23. The zero-order valence-corrected chi connectivity index (χ0v) is 16.8. The smallest absolute Gasteiger partial charge is 0.237 e. The van der Waals surface area contributed by atoms with Gasteiger partial charge >= 0.3 is 0 Å². The second-order valence-electron chi connectivity index (χ2n) is 7.01. The van der Waals surface area contributed by atoms with Gasteiger partial charge in [-0.25, -0.2) is 0 Å². The Labute approximate surface area is 173 Å². The van der Waals surface area contributed by atoms with Crippen molar-refractivity contribution < 1.29 is 4.74 Å². The number of hydrogen-bond donors (Lipinski definition) is 5. The van der Waals surface area contributed by atoms with Crippen LogP contribution in [-0.2, 0) is 11.3 Å². The molecular weight excluding hydrogens is 399 g/mol. The largest absolute Gasteiger partial charge is 0.423 e. The first kappa shape index (κ1) is 19.1. The van der Waals surface area contributed by atoms with Crippen molar-refractivity contribution in [3.63, 3.8) is 0 Å². The summed E-state index contributed by atoms with van der Waals surface area (Å²) in [6, 6.07) is 7.33. The average Bonchev–Trinajstić information content (AvgIpc) is 3.34. The first-order chi connectivity index (χ1) is 13.5. The number of ether oxygens (including phenoxy) is 1. The number of H-pyrrole nitrogens is 1. The van der Waals surface area contributed by atoms with E-state index in [-0.39, 0.29) is 17.7 Å². The summed E-state index contributed by atoms with van der Waals surface area (Å²) in [6.07, 6.45) is 0.864. The molecule has 0 aliphatic carbocycles. The molecule has 9 heteroatoms. The molecule has 3 heterocycles. The Balaban J connectivity index is 1.50. The third-order valence-electron chi connectivity index (χ3n) is 5.08. The fraction of sp³-hybridized carbons (Fsp3) is 0.368. The Kier molecular flexibility index (Phi) is 5.48. The van der Waals surface area contributed by atoms with E-state index in [1.54, 1.807) is 12.1 Å². The van der Waals surface area contributed by atoms with Crippen LogP contribution in [0.25, 0.3) is 0 Å². The van der Waals surface area contributed by atoms with Crippen LogP contribution in [0.2, 0.25) is 10.0 Å². The van der Waals surface area contributed by atoms with Crippen molar-refractivity contribution in [3.05, 3.63) is 45.6 Å². The SMILES string of the molecule is N=C(OC(=N)C1CCNC1)c1cc2c([nH]1)NCCN2Cc1cc(Cl)ccc1Cl. The molecule has 28 heavy (non-hydrogen) atoms. The van der Waals surface area contributed by atoms with Crippen molar-refractivity contribution >= 4 is 46.5 Å². The lowest BCUT2D eigenvalue weighted by Crippen LogP contribution is -2.33. The highest BCUT2D eigenvalue weighted by molar-refractivity contribution is 6.33. The second-order valence-corrected chi connectivity index (χ2v) is 7.86. The predicted octanol–water partition coefficient (Wildman–Crippen LogP) is 3.68. The van der Waals surface area contributed by atoms with Crippen LogP contribution in [0.4, 0.5) is 11.5 Å². The molecule has 2 aliphatic rings. The number of aromatic nitrogens is 1. The van der Waals surface area contributed by atoms with Crippen LogP contribution < -0.4 is 15.5 Å². The van der Waals surface area contributed by atoms with Gasteiger partial charge in [-0.15, -0.1) is 0 Å². The van der Waals surface area contributed by atoms with Crippen molar-refractivity contribution in [3.8, 4) is 0 Å². The Morgan fingerprint density at radius 1 is 1.21 bits per heavy atom. The van der Waals surface area contributed by atoms with Crippen LogP contribution in [0.1, 0.15) is 17.7 Å². The Bertz CT molecular complexity index is 906. The van der Waals surface area contributed by atoms with Crippen LogP contribution in [0, 0.1) is 16.7 Å². The number of halogens is 2. The van der Waals surface area contributed by atoms with Gasteiger partial charge in [-0.3, -0.25) is 10.8 Å². The Morgan fingerprint density at radius 3 is 2.86 bits per heavy atom. The normalized spacial score (nSPS) is 18.5. The molecule has 0 saturated carbocycles. The molecule has 1 fully saturated rings. The highest BCUT2D eigenvalue weighted by Crippen LogP contribution is 2.33. The van der Waals surface area contributed by atoms with Crippen LogP contribution in [0.3, 0.4) is 0 Å². The number of nitrogens with zero attached hydrogens (tertiary/aromatic N) is 1. The zero-order valence-electron chi connectivity index (χ0n) is 15.2. The molecule has 0 radical (unpaired) electrons. The molecule has 7 nitrogen and oxygen atoms in total.